The molecule has 3 aromatic rings. The first kappa shape index (κ1) is 19.0. The van der Waals surface area contributed by atoms with E-state index >= 15 is 0 Å². The summed E-state index contributed by atoms with van der Waals surface area (Å²) in [6.07, 6.45) is 1.36. The number of aryl methyl sites for hydroxylation is 1. The van der Waals surface area contributed by atoms with Gasteiger partial charge in [0.1, 0.15) is 12.2 Å². The molecule has 0 unspecified atom stereocenters. The Labute approximate surface area is 160 Å². The fourth-order valence-corrected chi connectivity index (χ4v) is 2.84. The number of rotatable bonds is 7. The van der Waals surface area contributed by atoms with Gasteiger partial charge < -0.3 is 10.6 Å². The molecule has 0 atom stereocenters. The predicted octanol–water partition coefficient (Wildman–Crippen LogP) is 1.84. The van der Waals surface area contributed by atoms with Gasteiger partial charge in [-0.25, -0.2) is 4.98 Å². The summed E-state index contributed by atoms with van der Waals surface area (Å²) in [5.74, 6) is -0.347. The minimum atomic E-state index is -0.470. The van der Waals surface area contributed by atoms with Gasteiger partial charge in [-0.15, -0.1) is 0 Å². The number of nitrogens with one attached hydrogen (secondary N) is 2. The van der Waals surface area contributed by atoms with Gasteiger partial charge in [-0.1, -0.05) is 24.3 Å². The Balaban J connectivity index is 1.57. The highest BCUT2D eigenvalue weighted by molar-refractivity contribution is 5.81. The molecule has 0 spiro atoms. The molecule has 3 rings (SSSR count). The monoisotopic (exact) mass is 381 g/mol. The number of hydrogen-bond donors (Lipinski definition) is 2. The number of hydrogen-bond acceptors (Lipinski definition) is 6. The lowest BCUT2D eigenvalue weighted by Gasteiger charge is -2.10. The Morgan fingerprint density at radius 2 is 1.96 bits per heavy atom. The lowest BCUT2D eigenvalue weighted by molar-refractivity contribution is -0.384. The van der Waals surface area contributed by atoms with E-state index in [9.17, 15) is 19.7 Å². The molecule has 28 heavy (non-hydrogen) atoms. The SMILES string of the molecule is Cc1cccc2c(=O)n(CC(=O)NCCNc3ccccc3[N+](=O)[O-])cnc12. The van der Waals surface area contributed by atoms with Crippen LogP contribution in [0.4, 0.5) is 11.4 Å². The van der Waals surface area contributed by atoms with Crippen LogP contribution < -0.4 is 16.2 Å². The normalized spacial score (nSPS) is 10.6. The highest BCUT2D eigenvalue weighted by Gasteiger charge is 2.12. The van der Waals surface area contributed by atoms with Crippen LogP contribution in [0.15, 0.2) is 53.6 Å². The van der Waals surface area contributed by atoms with Gasteiger partial charge in [0.25, 0.3) is 11.2 Å². The first-order valence-electron chi connectivity index (χ1n) is 8.66. The van der Waals surface area contributed by atoms with Crippen LogP contribution in [-0.4, -0.2) is 33.5 Å². The van der Waals surface area contributed by atoms with Crippen molar-refractivity contribution in [2.24, 2.45) is 0 Å². The number of amides is 1. The number of carbonyl (C=O) groups excluding carboxylic acids is 1. The van der Waals surface area contributed by atoms with Gasteiger partial charge in [-0.05, 0) is 24.6 Å². The van der Waals surface area contributed by atoms with E-state index in [0.29, 0.717) is 23.1 Å². The van der Waals surface area contributed by atoms with Crippen molar-refractivity contribution >= 4 is 28.2 Å². The van der Waals surface area contributed by atoms with Gasteiger partial charge in [-0.2, -0.15) is 0 Å². The van der Waals surface area contributed by atoms with Gasteiger partial charge in [0.05, 0.1) is 22.2 Å². The Morgan fingerprint density at radius 3 is 2.75 bits per heavy atom. The fraction of sp³-hybridized carbons (Fsp3) is 0.211. The smallest absolute Gasteiger partial charge is 0.292 e. The van der Waals surface area contributed by atoms with Gasteiger partial charge in [0.2, 0.25) is 5.91 Å². The lowest BCUT2D eigenvalue weighted by Crippen LogP contribution is -2.35. The van der Waals surface area contributed by atoms with E-state index < -0.39 is 4.92 Å². The molecule has 0 saturated carbocycles. The van der Waals surface area contributed by atoms with E-state index in [1.165, 1.54) is 17.0 Å². The maximum atomic E-state index is 12.5. The molecule has 0 saturated heterocycles. The second-order valence-electron chi connectivity index (χ2n) is 6.20. The third-order valence-electron chi connectivity index (χ3n) is 4.23. The topological polar surface area (TPSA) is 119 Å². The summed E-state index contributed by atoms with van der Waals surface area (Å²) in [6.45, 7) is 2.28. The summed E-state index contributed by atoms with van der Waals surface area (Å²) < 4.78 is 1.26. The molecule has 9 nitrogen and oxygen atoms in total. The molecule has 0 fully saturated rings. The quantitative estimate of drug-likeness (QED) is 0.366. The van der Waals surface area contributed by atoms with Crippen molar-refractivity contribution in [3.63, 3.8) is 0 Å². The average Bonchev–Trinajstić information content (AvgIpc) is 2.68. The second-order valence-corrected chi connectivity index (χ2v) is 6.20. The zero-order chi connectivity index (χ0) is 20.1. The van der Waals surface area contributed by atoms with Crippen molar-refractivity contribution in [3.8, 4) is 0 Å². The van der Waals surface area contributed by atoms with Gasteiger partial charge in [-0.3, -0.25) is 24.3 Å². The Morgan fingerprint density at radius 1 is 1.18 bits per heavy atom. The zero-order valence-corrected chi connectivity index (χ0v) is 15.2. The molecule has 2 N–H and O–H groups in total. The number of benzene rings is 2. The molecule has 0 aliphatic rings. The van der Waals surface area contributed by atoms with E-state index in [-0.39, 0.29) is 30.2 Å². The molecule has 2 aromatic carbocycles. The molecule has 1 heterocycles. The second kappa shape index (κ2) is 8.30. The highest BCUT2D eigenvalue weighted by Crippen LogP contribution is 2.22. The molecule has 144 valence electrons. The van der Waals surface area contributed by atoms with Crippen LogP contribution in [0.1, 0.15) is 5.56 Å². The number of nitro benzene ring substituents is 1. The molecule has 0 bridgehead atoms. The van der Waals surface area contributed by atoms with Crippen LogP contribution in [0, 0.1) is 17.0 Å². The number of nitrogens with zero attached hydrogens (tertiary/aromatic N) is 3. The van der Waals surface area contributed by atoms with Crippen LogP contribution in [0.3, 0.4) is 0 Å². The van der Waals surface area contributed by atoms with Crippen LogP contribution in [0.5, 0.6) is 0 Å². The highest BCUT2D eigenvalue weighted by atomic mass is 16.6. The van der Waals surface area contributed by atoms with Gasteiger partial charge >= 0.3 is 0 Å². The molecule has 1 aromatic heterocycles. The zero-order valence-electron chi connectivity index (χ0n) is 15.2. The van der Waals surface area contributed by atoms with E-state index in [2.05, 4.69) is 15.6 Å². The maximum absolute atomic E-state index is 12.5. The first-order chi connectivity index (χ1) is 13.5. The third-order valence-corrected chi connectivity index (χ3v) is 4.23. The van der Waals surface area contributed by atoms with Crippen LogP contribution in [-0.2, 0) is 11.3 Å². The molecular formula is C19H19N5O4. The fourth-order valence-electron chi connectivity index (χ4n) is 2.84. The molecule has 1 amide bonds. The Kier molecular flexibility index (Phi) is 5.64. The number of aromatic nitrogens is 2. The number of fused-ring (bicyclic) bond motifs is 1. The Hall–Kier alpha value is -3.75. The summed E-state index contributed by atoms with van der Waals surface area (Å²) in [7, 11) is 0. The van der Waals surface area contributed by atoms with E-state index in [1.807, 2.05) is 13.0 Å². The predicted molar refractivity (Wildman–Crippen MR) is 105 cm³/mol. The van der Waals surface area contributed by atoms with Crippen molar-refractivity contribution in [2.45, 2.75) is 13.5 Å². The van der Waals surface area contributed by atoms with Gasteiger partial charge in [0, 0.05) is 19.2 Å². The van der Waals surface area contributed by atoms with Crippen molar-refractivity contribution in [1.82, 2.24) is 14.9 Å². The average molecular weight is 381 g/mol. The summed E-state index contributed by atoms with van der Waals surface area (Å²) in [5.41, 5.74) is 1.59. The molecule has 0 aliphatic carbocycles. The molecule has 0 aliphatic heterocycles. The molecular weight excluding hydrogens is 362 g/mol. The number of nitro groups is 1. The van der Waals surface area contributed by atoms with Crippen LogP contribution in [0.25, 0.3) is 10.9 Å². The largest absolute Gasteiger partial charge is 0.378 e. The van der Waals surface area contributed by atoms with Crippen molar-refractivity contribution in [2.75, 3.05) is 18.4 Å². The number of para-hydroxylation sites is 3. The lowest BCUT2D eigenvalue weighted by atomic mass is 10.1. The maximum Gasteiger partial charge on any atom is 0.292 e. The summed E-state index contributed by atoms with van der Waals surface area (Å²) in [6, 6.07) is 11.6. The Bertz CT molecular complexity index is 1090. The van der Waals surface area contributed by atoms with Crippen LogP contribution in [0.2, 0.25) is 0 Å². The summed E-state index contributed by atoms with van der Waals surface area (Å²) in [5, 5.41) is 17.0. The van der Waals surface area contributed by atoms with Crippen LogP contribution >= 0.6 is 0 Å². The number of anilines is 1. The minimum Gasteiger partial charge on any atom is -0.378 e. The third kappa shape index (κ3) is 4.14. The van der Waals surface area contributed by atoms with Gasteiger partial charge in [0.15, 0.2) is 0 Å². The minimum absolute atomic E-state index is 0.0297. The summed E-state index contributed by atoms with van der Waals surface area (Å²) >= 11 is 0. The first-order valence-corrected chi connectivity index (χ1v) is 8.66. The molecule has 9 heteroatoms. The number of carbonyl (C=O) groups is 1. The van der Waals surface area contributed by atoms with E-state index in [4.69, 9.17) is 0 Å². The van der Waals surface area contributed by atoms with E-state index in [0.717, 1.165) is 5.56 Å². The molecule has 0 radical (unpaired) electrons. The van der Waals surface area contributed by atoms with Crippen molar-refractivity contribution < 1.29 is 9.72 Å². The summed E-state index contributed by atoms with van der Waals surface area (Å²) in [4.78, 5) is 39.4. The standard InChI is InChI=1S/C19H19N5O4/c1-13-5-4-6-14-18(13)22-12-23(19(14)26)11-17(25)21-10-9-20-15-7-2-3-8-16(15)24(27)28/h2-8,12,20H,9-11H2,1H3,(H,21,25). The van der Waals surface area contributed by atoms with Crippen molar-refractivity contribution in [3.05, 3.63) is 74.8 Å². The van der Waals surface area contributed by atoms with E-state index in [1.54, 1.807) is 30.3 Å². The van der Waals surface area contributed by atoms with Crippen molar-refractivity contribution in [1.29, 1.82) is 0 Å².